The first-order valence-electron chi connectivity index (χ1n) is 7.04. The van der Waals surface area contributed by atoms with E-state index in [0.29, 0.717) is 0 Å². The van der Waals surface area contributed by atoms with Crippen molar-refractivity contribution in [2.75, 3.05) is 12.4 Å². The lowest BCUT2D eigenvalue weighted by atomic mass is 9.96. The van der Waals surface area contributed by atoms with Crippen molar-refractivity contribution in [1.82, 2.24) is 5.32 Å². The minimum absolute atomic E-state index is 0.229. The Kier molecular flexibility index (Phi) is 4.15. The van der Waals surface area contributed by atoms with Crippen LogP contribution >= 0.6 is 11.8 Å². The molecule has 0 saturated carbocycles. The number of thioether (sulfide) groups is 1. The molecule has 1 unspecified atom stereocenters. The van der Waals surface area contributed by atoms with Crippen molar-refractivity contribution >= 4 is 34.2 Å². The Balaban J connectivity index is 1.73. The van der Waals surface area contributed by atoms with Crippen LogP contribution in [0.15, 0.2) is 54.1 Å². The van der Waals surface area contributed by atoms with Crippen LogP contribution in [0.3, 0.4) is 0 Å². The highest BCUT2D eigenvalue weighted by Crippen LogP contribution is 2.28. The molecule has 1 heterocycles. The van der Waals surface area contributed by atoms with E-state index in [1.165, 1.54) is 0 Å². The van der Waals surface area contributed by atoms with Crippen LogP contribution in [0.5, 0.6) is 0 Å². The van der Waals surface area contributed by atoms with Gasteiger partial charge in [-0.3, -0.25) is 14.9 Å². The molecule has 1 aromatic rings. The van der Waals surface area contributed by atoms with Gasteiger partial charge >= 0.3 is 0 Å². The number of anilines is 1. The van der Waals surface area contributed by atoms with Crippen molar-refractivity contribution in [2.24, 2.45) is 0 Å². The van der Waals surface area contributed by atoms with Crippen molar-refractivity contribution in [3.63, 3.8) is 0 Å². The summed E-state index contributed by atoms with van der Waals surface area (Å²) in [6, 6.07) is 8.22. The summed E-state index contributed by atoms with van der Waals surface area (Å²) in [6.45, 7) is 0. The third-order valence-electron chi connectivity index (χ3n) is 3.60. The molecule has 1 aliphatic carbocycles. The van der Waals surface area contributed by atoms with E-state index in [9.17, 15) is 9.59 Å². The largest absolute Gasteiger partial charge is 0.388 e. The van der Waals surface area contributed by atoms with Gasteiger partial charge in [-0.15, -0.1) is 0 Å². The molecule has 1 fully saturated rings. The smallest absolute Gasteiger partial charge is 0.286 e. The van der Waals surface area contributed by atoms with Crippen LogP contribution in [0.4, 0.5) is 10.5 Å². The second-order valence-electron chi connectivity index (χ2n) is 5.08. The van der Waals surface area contributed by atoms with Gasteiger partial charge in [-0.1, -0.05) is 36.4 Å². The molecule has 5 heteroatoms. The average molecular weight is 312 g/mol. The van der Waals surface area contributed by atoms with E-state index < -0.39 is 5.25 Å². The second-order valence-corrected chi connectivity index (χ2v) is 6.20. The maximum Gasteiger partial charge on any atom is 0.286 e. The summed E-state index contributed by atoms with van der Waals surface area (Å²) in [4.78, 5) is 22.7. The van der Waals surface area contributed by atoms with Gasteiger partial charge in [0.2, 0.25) is 5.91 Å². The fraction of sp³-hybridized carbons (Fsp3) is 0.176. The Morgan fingerprint density at radius 1 is 1.32 bits per heavy atom. The first-order valence-corrected chi connectivity index (χ1v) is 7.92. The Labute approximate surface area is 133 Å². The molecule has 1 saturated heterocycles. The van der Waals surface area contributed by atoms with E-state index in [4.69, 9.17) is 0 Å². The number of rotatable bonds is 3. The van der Waals surface area contributed by atoms with Crippen LogP contribution in [-0.4, -0.2) is 23.4 Å². The van der Waals surface area contributed by atoms with Crippen molar-refractivity contribution in [3.05, 3.63) is 59.7 Å². The predicted octanol–water partition coefficient (Wildman–Crippen LogP) is 3.35. The van der Waals surface area contributed by atoms with Crippen LogP contribution in [0.1, 0.15) is 12.0 Å². The van der Waals surface area contributed by atoms with Gasteiger partial charge in [0, 0.05) is 12.7 Å². The number of nitrogens with one attached hydrogen (secondary N) is 2. The molecular formula is C17H16N2O2S. The first-order chi connectivity index (χ1) is 10.7. The summed E-state index contributed by atoms with van der Waals surface area (Å²) >= 11 is 1.03. The maximum atomic E-state index is 11.6. The van der Waals surface area contributed by atoms with Gasteiger partial charge in [0.15, 0.2) is 0 Å². The molecule has 2 aliphatic rings. The van der Waals surface area contributed by atoms with Crippen LogP contribution in [0.2, 0.25) is 0 Å². The molecule has 4 nitrogen and oxygen atoms in total. The first kappa shape index (κ1) is 14.7. The normalized spacial score (nSPS) is 22.7. The number of amides is 2. The number of benzene rings is 1. The molecule has 112 valence electrons. The molecule has 0 radical (unpaired) electrons. The van der Waals surface area contributed by atoms with Gasteiger partial charge in [0.1, 0.15) is 5.25 Å². The van der Waals surface area contributed by atoms with Gasteiger partial charge < -0.3 is 5.32 Å². The number of imide groups is 1. The number of hydrogen-bond acceptors (Lipinski definition) is 4. The molecule has 0 aromatic heterocycles. The quantitative estimate of drug-likeness (QED) is 0.898. The summed E-state index contributed by atoms with van der Waals surface area (Å²) < 4.78 is 0. The summed E-state index contributed by atoms with van der Waals surface area (Å²) in [5.41, 5.74) is 4.45. The summed E-state index contributed by atoms with van der Waals surface area (Å²) in [7, 11) is 1.90. The van der Waals surface area contributed by atoms with Crippen LogP contribution in [-0.2, 0) is 4.79 Å². The van der Waals surface area contributed by atoms with E-state index in [2.05, 4.69) is 28.8 Å². The zero-order valence-electron chi connectivity index (χ0n) is 12.1. The molecule has 3 rings (SSSR count). The highest BCUT2D eigenvalue weighted by Gasteiger charge is 2.29. The topological polar surface area (TPSA) is 58.2 Å². The number of allylic oxidation sites excluding steroid dienone is 5. The third-order valence-corrected chi connectivity index (χ3v) is 4.52. The highest BCUT2D eigenvalue weighted by atomic mass is 32.2. The van der Waals surface area contributed by atoms with Crippen LogP contribution < -0.4 is 10.6 Å². The maximum absolute atomic E-state index is 11.6. The zero-order chi connectivity index (χ0) is 15.5. The van der Waals surface area contributed by atoms with E-state index in [1.54, 1.807) is 0 Å². The standard InChI is InChI=1S/C17H16N2O2S/c1-18-14-4-2-3-13(10-14)12-7-5-11(6-8-12)9-15-16(20)19-17(21)22-15/h2-5,7-10,15,18H,6H2,1H3,(H,19,20,21). The fourth-order valence-corrected chi connectivity index (χ4v) is 3.23. The Hall–Kier alpha value is -2.27. The van der Waals surface area contributed by atoms with Crippen molar-refractivity contribution in [3.8, 4) is 0 Å². The van der Waals surface area contributed by atoms with E-state index in [-0.39, 0.29) is 11.1 Å². The minimum Gasteiger partial charge on any atom is -0.388 e. The predicted molar refractivity (Wildman–Crippen MR) is 90.7 cm³/mol. The lowest BCUT2D eigenvalue weighted by molar-refractivity contribution is -0.118. The van der Waals surface area contributed by atoms with Gasteiger partial charge in [-0.25, -0.2) is 0 Å². The third kappa shape index (κ3) is 3.14. The monoisotopic (exact) mass is 312 g/mol. The Morgan fingerprint density at radius 3 is 2.82 bits per heavy atom. The van der Waals surface area contributed by atoms with Crippen molar-refractivity contribution < 1.29 is 9.59 Å². The lowest BCUT2D eigenvalue weighted by Gasteiger charge is -2.12. The molecule has 0 spiro atoms. The molecule has 1 aromatic carbocycles. The summed E-state index contributed by atoms with van der Waals surface area (Å²) in [5.74, 6) is -0.229. The zero-order valence-corrected chi connectivity index (χ0v) is 12.9. The SMILES string of the molecule is CNc1cccc(C2=CCC(=CC3SC(=O)NC3=O)C=C2)c1. The number of carbonyl (C=O) groups excluding carboxylic acids is 2. The van der Waals surface area contributed by atoms with Gasteiger partial charge in [0.25, 0.3) is 5.24 Å². The number of carbonyl (C=O) groups is 2. The lowest BCUT2D eigenvalue weighted by Crippen LogP contribution is -2.23. The fourth-order valence-electron chi connectivity index (χ4n) is 2.43. The van der Waals surface area contributed by atoms with Crippen molar-refractivity contribution in [1.29, 1.82) is 0 Å². The number of hydrogen-bond donors (Lipinski definition) is 2. The highest BCUT2D eigenvalue weighted by molar-refractivity contribution is 8.15. The molecule has 2 amide bonds. The molecule has 0 bridgehead atoms. The molecule has 1 atom stereocenters. The van der Waals surface area contributed by atoms with E-state index in [0.717, 1.165) is 40.6 Å². The average Bonchev–Trinajstić information content (AvgIpc) is 2.86. The van der Waals surface area contributed by atoms with Gasteiger partial charge in [-0.2, -0.15) is 0 Å². The summed E-state index contributed by atoms with van der Waals surface area (Å²) in [6.07, 6.45) is 8.81. The Bertz CT molecular complexity index is 719. The molecule has 1 aliphatic heterocycles. The van der Waals surface area contributed by atoms with Crippen molar-refractivity contribution in [2.45, 2.75) is 11.7 Å². The van der Waals surface area contributed by atoms with Crippen LogP contribution in [0, 0.1) is 0 Å². The van der Waals surface area contributed by atoms with Gasteiger partial charge in [-0.05, 0) is 47.0 Å². The Morgan fingerprint density at radius 2 is 2.18 bits per heavy atom. The van der Waals surface area contributed by atoms with Gasteiger partial charge in [0.05, 0.1) is 0 Å². The minimum atomic E-state index is -0.408. The molecule has 22 heavy (non-hydrogen) atoms. The molecule has 2 N–H and O–H groups in total. The van der Waals surface area contributed by atoms with E-state index in [1.807, 2.05) is 37.4 Å². The molecular weight excluding hydrogens is 296 g/mol. The second kappa shape index (κ2) is 6.23. The summed E-state index contributed by atoms with van der Waals surface area (Å²) in [5, 5.41) is 4.75. The van der Waals surface area contributed by atoms with E-state index >= 15 is 0 Å². The van der Waals surface area contributed by atoms with Crippen LogP contribution in [0.25, 0.3) is 5.57 Å².